The fourth-order valence-electron chi connectivity index (χ4n) is 3.22. The van der Waals surface area contributed by atoms with Gasteiger partial charge in [0.25, 0.3) is 5.91 Å². The van der Waals surface area contributed by atoms with Gasteiger partial charge < -0.3 is 4.90 Å². The van der Waals surface area contributed by atoms with Crippen LogP contribution in [0.5, 0.6) is 0 Å². The zero-order valence-electron chi connectivity index (χ0n) is 17.0. The summed E-state index contributed by atoms with van der Waals surface area (Å²) < 4.78 is 0. The summed E-state index contributed by atoms with van der Waals surface area (Å²) in [7, 11) is 2.13. The number of carbonyl (C=O) groups is 2. The maximum atomic E-state index is 12.8. The summed E-state index contributed by atoms with van der Waals surface area (Å²) in [6.07, 6.45) is 7.58. The number of aromatic nitrogens is 1. The third-order valence-electron chi connectivity index (χ3n) is 5.02. The summed E-state index contributed by atoms with van der Waals surface area (Å²) in [5.41, 5.74) is 4.63. The lowest BCUT2D eigenvalue weighted by molar-refractivity contribution is -0.124. The maximum absolute atomic E-state index is 12.8. The molecule has 0 aliphatic carbocycles. The number of pyridine rings is 1. The second kappa shape index (κ2) is 10.6. The van der Waals surface area contributed by atoms with E-state index in [1.807, 2.05) is 30.3 Å². The van der Waals surface area contributed by atoms with Gasteiger partial charge in [-0.2, -0.15) is 0 Å². The predicted molar refractivity (Wildman–Crippen MR) is 116 cm³/mol. The highest BCUT2D eigenvalue weighted by atomic mass is 16.5. The Hall–Kier alpha value is -3.13. The molecule has 2 aromatic rings. The van der Waals surface area contributed by atoms with Gasteiger partial charge in [-0.3, -0.25) is 24.7 Å². The van der Waals surface area contributed by atoms with Crippen molar-refractivity contribution in [3.05, 3.63) is 77.1 Å². The van der Waals surface area contributed by atoms with Crippen molar-refractivity contribution in [1.82, 2.24) is 20.3 Å². The molecule has 1 aromatic carbocycles. The minimum Gasteiger partial charge on any atom is -0.304 e. The fraction of sp³-hybridized carbons (Fsp3) is 0.261. The number of carbonyl (C=O) groups excluding carboxylic acids is 2. The number of piperazine rings is 1. The van der Waals surface area contributed by atoms with E-state index in [-0.39, 0.29) is 5.78 Å². The van der Waals surface area contributed by atoms with Crippen LogP contribution in [0.3, 0.4) is 0 Å². The highest BCUT2D eigenvalue weighted by molar-refractivity contribution is 6.07. The topological polar surface area (TPSA) is 85.8 Å². The van der Waals surface area contributed by atoms with Gasteiger partial charge in [-0.15, -0.1) is 0 Å². The maximum Gasteiger partial charge on any atom is 0.267 e. The molecule has 0 radical (unpaired) electrons. The summed E-state index contributed by atoms with van der Waals surface area (Å²) in [4.78, 5) is 32.7. The minimum atomic E-state index is -0.624. The molecule has 0 spiro atoms. The molecule has 1 aromatic heterocycles. The number of likely N-dealkylation sites (N-methyl/N-ethyl adjacent to an activating group) is 1. The average Bonchev–Trinajstić information content (AvgIpc) is 2.78. The summed E-state index contributed by atoms with van der Waals surface area (Å²) in [5, 5.41) is 8.48. The molecule has 2 N–H and O–H groups in total. The third kappa shape index (κ3) is 6.18. The van der Waals surface area contributed by atoms with Crippen LogP contribution >= 0.6 is 0 Å². The summed E-state index contributed by atoms with van der Waals surface area (Å²) >= 11 is 0. The Kier molecular flexibility index (Phi) is 7.62. The smallest absolute Gasteiger partial charge is 0.267 e. The molecule has 1 fully saturated rings. The van der Waals surface area contributed by atoms with Crippen LogP contribution in [-0.2, 0) is 11.3 Å². The van der Waals surface area contributed by atoms with Crippen LogP contribution in [0, 0.1) is 0 Å². The lowest BCUT2D eigenvalue weighted by atomic mass is 10.0. The number of amides is 1. The molecule has 3 rings (SSSR count). The van der Waals surface area contributed by atoms with Crippen molar-refractivity contribution in [2.75, 3.05) is 33.2 Å². The molecule has 156 valence electrons. The van der Waals surface area contributed by atoms with Crippen molar-refractivity contribution < 1.29 is 14.8 Å². The van der Waals surface area contributed by atoms with E-state index in [4.69, 9.17) is 5.21 Å². The van der Waals surface area contributed by atoms with Gasteiger partial charge in [0.05, 0.1) is 5.69 Å². The van der Waals surface area contributed by atoms with Crippen molar-refractivity contribution in [3.8, 4) is 0 Å². The predicted octanol–water partition coefficient (Wildman–Crippen LogP) is 2.24. The summed E-state index contributed by atoms with van der Waals surface area (Å²) in [6, 6.07) is 11.3. The normalized spacial score (nSPS) is 15.7. The lowest BCUT2D eigenvalue weighted by Crippen LogP contribution is -2.44. The van der Waals surface area contributed by atoms with Crippen molar-refractivity contribution >= 4 is 23.8 Å². The van der Waals surface area contributed by atoms with Gasteiger partial charge in [0.1, 0.15) is 0 Å². The Bertz CT molecular complexity index is 930. The summed E-state index contributed by atoms with van der Waals surface area (Å²) in [6.45, 7) is 4.86. The number of allylic oxidation sites excluding steroid dienone is 1. The molecule has 1 aliphatic heterocycles. The van der Waals surface area contributed by atoms with E-state index in [1.54, 1.807) is 24.4 Å². The highest BCUT2D eigenvalue weighted by Crippen LogP contribution is 2.15. The van der Waals surface area contributed by atoms with Gasteiger partial charge in [0.15, 0.2) is 5.78 Å². The molecule has 2 heterocycles. The van der Waals surface area contributed by atoms with E-state index in [0.717, 1.165) is 49.4 Å². The molecular weight excluding hydrogens is 380 g/mol. The number of hydroxylamine groups is 1. The van der Waals surface area contributed by atoms with E-state index >= 15 is 0 Å². The molecule has 7 heteroatoms. The van der Waals surface area contributed by atoms with Crippen LogP contribution in [0.4, 0.5) is 0 Å². The third-order valence-corrected chi connectivity index (χ3v) is 5.02. The van der Waals surface area contributed by atoms with Crippen LogP contribution in [0.25, 0.3) is 12.2 Å². The van der Waals surface area contributed by atoms with E-state index < -0.39 is 5.91 Å². The second-order valence-electron chi connectivity index (χ2n) is 7.26. The molecule has 1 aliphatic rings. The van der Waals surface area contributed by atoms with Gasteiger partial charge in [-0.1, -0.05) is 30.3 Å². The Balaban J connectivity index is 1.65. The number of nitrogens with one attached hydrogen (secondary N) is 1. The standard InChI is InChI=1S/C23H26N4O3/c1-26-12-14-27(15-13-26)17-19-4-2-3-5-21(19)22(28)10-7-18-6-8-20(24-16-18)9-11-23(29)25-30/h2-11,16,30H,12-15,17H2,1H3,(H,25,29)/b10-7+,11-9+. The van der Waals surface area contributed by atoms with Gasteiger partial charge >= 0.3 is 0 Å². The van der Waals surface area contributed by atoms with E-state index in [0.29, 0.717) is 5.69 Å². The second-order valence-corrected chi connectivity index (χ2v) is 7.26. The van der Waals surface area contributed by atoms with Crippen LogP contribution in [0.2, 0.25) is 0 Å². The Morgan fingerprint density at radius 2 is 1.83 bits per heavy atom. The van der Waals surface area contributed by atoms with Crippen LogP contribution in [-0.4, -0.2) is 64.9 Å². The molecule has 1 saturated heterocycles. The van der Waals surface area contributed by atoms with Gasteiger partial charge in [-0.25, -0.2) is 5.48 Å². The van der Waals surface area contributed by atoms with Gasteiger partial charge in [-0.05, 0) is 42.5 Å². The first-order valence-electron chi connectivity index (χ1n) is 9.84. The minimum absolute atomic E-state index is 0.0386. The number of rotatable bonds is 7. The first kappa shape index (κ1) is 21.6. The van der Waals surface area contributed by atoms with Crippen molar-refractivity contribution in [1.29, 1.82) is 0 Å². The van der Waals surface area contributed by atoms with E-state index in [9.17, 15) is 9.59 Å². The van der Waals surface area contributed by atoms with Crippen LogP contribution in [0.1, 0.15) is 27.2 Å². The SMILES string of the molecule is CN1CCN(Cc2ccccc2C(=O)/C=C/c2ccc(/C=C/C(=O)NO)nc2)CC1. The number of nitrogens with zero attached hydrogens (tertiary/aromatic N) is 3. The van der Waals surface area contributed by atoms with Crippen molar-refractivity contribution in [2.45, 2.75) is 6.54 Å². The number of benzene rings is 1. The molecule has 0 unspecified atom stereocenters. The quantitative estimate of drug-likeness (QED) is 0.317. The first-order valence-corrected chi connectivity index (χ1v) is 9.84. The molecule has 0 bridgehead atoms. The highest BCUT2D eigenvalue weighted by Gasteiger charge is 2.16. The van der Waals surface area contributed by atoms with E-state index in [2.05, 4.69) is 21.8 Å². The van der Waals surface area contributed by atoms with Crippen molar-refractivity contribution in [2.24, 2.45) is 0 Å². The van der Waals surface area contributed by atoms with Crippen molar-refractivity contribution in [3.63, 3.8) is 0 Å². The lowest BCUT2D eigenvalue weighted by Gasteiger charge is -2.32. The zero-order valence-corrected chi connectivity index (χ0v) is 17.0. The zero-order chi connectivity index (χ0) is 21.3. The Labute approximate surface area is 176 Å². The number of hydrogen-bond acceptors (Lipinski definition) is 6. The largest absolute Gasteiger partial charge is 0.304 e. The van der Waals surface area contributed by atoms with Gasteiger partial charge in [0, 0.05) is 50.6 Å². The monoisotopic (exact) mass is 406 g/mol. The molecule has 30 heavy (non-hydrogen) atoms. The average molecular weight is 406 g/mol. The summed E-state index contributed by atoms with van der Waals surface area (Å²) in [5.74, 6) is -0.662. The molecule has 1 amide bonds. The molecule has 7 nitrogen and oxygen atoms in total. The Morgan fingerprint density at radius 3 is 2.53 bits per heavy atom. The first-order chi connectivity index (χ1) is 14.5. The molecular formula is C23H26N4O3. The van der Waals surface area contributed by atoms with E-state index in [1.165, 1.54) is 17.6 Å². The molecule has 0 atom stereocenters. The van der Waals surface area contributed by atoms with Crippen LogP contribution in [0.15, 0.2) is 54.7 Å². The number of ketones is 1. The fourth-order valence-corrected chi connectivity index (χ4v) is 3.22. The molecule has 0 saturated carbocycles. The van der Waals surface area contributed by atoms with Gasteiger partial charge in [0.2, 0.25) is 0 Å². The Morgan fingerprint density at radius 1 is 1.07 bits per heavy atom. The number of hydrogen-bond donors (Lipinski definition) is 2. The van der Waals surface area contributed by atoms with Crippen LogP contribution < -0.4 is 5.48 Å².